The van der Waals surface area contributed by atoms with Crippen molar-refractivity contribution in [1.82, 2.24) is 10.2 Å². The molecule has 218 valence electrons. The third-order valence-electron chi connectivity index (χ3n) is 6.41. The van der Waals surface area contributed by atoms with E-state index >= 15 is 0 Å². The zero-order valence-corrected chi connectivity index (χ0v) is 25.0. The maximum absolute atomic E-state index is 13.9. The van der Waals surface area contributed by atoms with Crippen molar-refractivity contribution in [2.75, 3.05) is 25.0 Å². The summed E-state index contributed by atoms with van der Waals surface area (Å²) >= 11 is 12.7. The van der Waals surface area contributed by atoms with E-state index in [1.54, 1.807) is 18.2 Å². The summed E-state index contributed by atoms with van der Waals surface area (Å²) in [5.74, 6) is -0.820. The zero-order valence-electron chi connectivity index (χ0n) is 22.6. The number of amides is 2. The predicted molar refractivity (Wildman–Crippen MR) is 156 cm³/mol. The molecule has 0 aliphatic carbocycles. The number of sulfonamides is 1. The molecular formula is C27H28Cl2N4O7S. The summed E-state index contributed by atoms with van der Waals surface area (Å²) in [5, 5.41) is 14.5. The number of nitro groups is 1. The number of nitro benzene ring substituents is 1. The molecule has 0 unspecified atom stereocenters. The first-order chi connectivity index (χ1) is 19.3. The summed E-state index contributed by atoms with van der Waals surface area (Å²) in [7, 11) is -1.68. The first kappa shape index (κ1) is 31.7. The summed E-state index contributed by atoms with van der Waals surface area (Å²) in [6, 6.07) is 13.1. The smallest absolute Gasteiger partial charge is 0.273 e. The van der Waals surface area contributed by atoms with Gasteiger partial charge in [0.25, 0.3) is 15.7 Å². The van der Waals surface area contributed by atoms with Crippen molar-refractivity contribution in [2.45, 2.75) is 31.3 Å². The first-order valence-electron chi connectivity index (χ1n) is 12.2. The molecule has 0 saturated carbocycles. The van der Waals surface area contributed by atoms with Gasteiger partial charge < -0.3 is 15.0 Å². The van der Waals surface area contributed by atoms with E-state index < -0.39 is 49.9 Å². The lowest BCUT2D eigenvalue weighted by Gasteiger charge is -2.32. The van der Waals surface area contributed by atoms with Gasteiger partial charge in [-0.1, -0.05) is 35.3 Å². The summed E-state index contributed by atoms with van der Waals surface area (Å²) in [5.41, 5.74) is 0.331. The molecule has 0 radical (unpaired) electrons. The van der Waals surface area contributed by atoms with E-state index in [9.17, 15) is 28.1 Å². The molecule has 0 aliphatic heterocycles. The molecule has 0 spiro atoms. The number of hydrogen-bond donors (Lipinski definition) is 1. The Balaban J connectivity index is 2.13. The van der Waals surface area contributed by atoms with Crippen molar-refractivity contribution in [1.29, 1.82) is 0 Å². The summed E-state index contributed by atoms with van der Waals surface area (Å²) in [6.45, 7) is 2.02. The number of aryl methyl sites for hydroxylation is 1. The number of anilines is 1. The second-order valence-corrected chi connectivity index (χ2v) is 11.6. The highest BCUT2D eigenvalue weighted by Gasteiger charge is 2.33. The Morgan fingerprint density at radius 1 is 1.07 bits per heavy atom. The highest BCUT2D eigenvalue weighted by atomic mass is 35.5. The van der Waals surface area contributed by atoms with Gasteiger partial charge in [-0.2, -0.15) is 0 Å². The molecule has 11 nitrogen and oxygen atoms in total. The first-order valence-corrected chi connectivity index (χ1v) is 14.4. The normalized spacial score (nSPS) is 11.9. The van der Waals surface area contributed by atoms with Crippen LogP contribution in [0.5, 0.6) is 5.75 Å². The summed E-state index contributed by atoms with van der Waals surface area (Å²) < 4.78 is 33.9. The second-order valence-electron chi connectivity index (χ2n) is 8.93. The van der Waals surface area contributed by atoms with Crippen LogP contribution < -0.4 is 14.4 Å². The number of halogens is 2. The molecule has 2 amide bonds. The van der Waals surface area contributed by atoms with Crippen molar-refractivity contribution >= 4 is 56.4 Å². The lowest BCUT2D eigenvalue weighted by atomic mass is 10.1. The van der Waals surface area contributed by atoms with E-state index in [0.717, 1.165) is 15.3 Å². The molecular weight excluding hydrogens is 595 g/mol. The van der Waals surface area contributed by atoms with Crippen LogP contribution in [0.4, 0.5) is 11.4 Å². The van der Waals surface area contributed by atoms with Gasteiger partial charge in [0, 0.05) is 40.8 Å². The van der Waals surface area contributed by atoms with E-state index in [1.807, 2.05) is 0 Å². The van der Waals surface area contributed by atoms with Gasteiger partial charge in [0.2, 0.25) is 11.8 Å². The minimum Gasteiger partial charge on any atom is -0.497 e. The Labute approximate surface area is 247 Å². The lowest BCUT2D eigenvalue weighted by molar-refractivity contribution is -0.385. The van der Waals surface area contributed by atoms with Crippen LogP contribution in [0.2, 0.25) is 10.0 Å². The summed E-state index contributed by atoms with van der Waals surface area (Å²) in [4.78, 5) is 38.1. The van der Waals surface area contributed by atoms with Gasteiger partial charge in [0.05, 0.1) is 22.6 Å². The Bertz CT molecular complexity index is 1550. The number of likely N-dealkylation sites (N-methyl/N-ethyl adjacent to an activating group) is 1. The minimum absolute atomic E-state index is 0.0886. The van der Waals surface area contributed by atoms with Gasteiger partial charge in [0.1, 0.15) is 18.3 Å². The Kier molecular flexibility index (Phi) is 10.2. The lowest BCUT2D eigenvalue weighted by Crippen LogP contribution is -2.50. The molecule has 0 saturated heterocycles. The van der Waals surface area contributed by atoms with E-state index in [2.05, 4.69) is 5.32 Å². The van der Waals surface area contributed by atoms with Crippen molar-refractivity contribution in [2.24, 2.45) is 0 Å². The van der Waals surface area contributed by atoms with Crippen molar-refractivity contribution < 1.29 is 27.7 Å². The van der Waals surface area contributed by atoms with Crippen molar-refractivity contribution in [3.63, 3.8) is 0 Å². The number of ether oxygens (including phenoxy) is 1. The van der Waals surface area contributed by atoms with E-state index in [-0.39, 0.29) is 27.8 Å². The molecule has 0 aliphatic rings. The Hall–Kier alpha value is -3.87. The average molecular weight is 624 g/mol. The third-order valence-corrected chi connectivity index (χ3v) is 8.89. The fourth-order valence-electron chi connectivity index (χ4n) is 4.00. The maximum atomic E-state index is 13.9. The van der Waals surface area contributed by atoms with Crippen LogP contribution >= 0.6 is 23.2 Å². The van der Waals surface area contributed by atoms with E-state index in [1.165, 1.54) is 64.4 Å². The van der Waals surface area contributed by atoms with Crippen LogP contribution in [0.3, 0.4) is 0 Å². The van der Waals surface area contributed by atoms with E-state index in [4.69, 9.17) is 27.9 Å². The second kappa shape index (κ2) is 13.2. The monoisotopic (exact) mass is 622 g/mol. The summed E-state index contributed by atoms with van der Waals surface area (Å²) in [6.07, 6.45) is 0. The average Bonchev–Trinajstić information content (AvgIpc) is 2.94. The standard InChI is InChI=1S/C27H28Cl2N4O7S/c1-17-8-13-21(14-25(17)33(36)37)41(38,39)32(19-9-11-20(40-4)12-10-19)16-26(34)31(18(2)27(35)30-3)15-22-23(28)6-5-7-24(22)29/h5-14,18H,15-16H2,1-4H3,(H,30,35)/t18-/m1/s1. The van der Waals surface area contributed by atoms with Crippen LogP contribution in [0.25, 0.3) is 0 Å². The fraction of sp³-hybridized carbons (Fsp3) is 0.259. The molecule has 3 aromatic carbocycles. The van der Waals surface area contributed by atoms with Crippen LogP contribution in [0.1, 0.15) is 18.1 Å². The number of methoxy groups -OCH3 is 1. The Morgan fingerprint density at radius 2 is 1.68 bits per heavy atom. The molecule has 3 aromatic rings. The number of nitrogens with zero attached hydrogens (tertiary/aromatic N) is 3. The van der Waals surface area contributed by atoms with Crippen molar-refractivity contribution in [3.8, 4) is 5.75 Å². The minimum atomic E-state index is -4.53. The maximum Gasteiger partial charge on any atom is 0.273 e. The van der Waals surface area contributed by atoms with Crippen LogP contribution in [0, 0.1) is 17.0 Å². The van der Waals surface area contributed by atoms with E-state index in [0.29, 0.717) is 11.3 Å². The van der Waals surface area contributed by atoms with Crippen LogP contribution in [-0.2, 0) is 26.2 Å². The molecule has 0 aromatic heterocycles. The van der Waals surface area contributed by atoms with Crippen molar-refractivity contribution in [3.05, 3.63) is 92.0 Å². The third kappa shape index (κ3) is 7.07. The molecule has 0 fully saturated rings. The topological polar surface area (TPSA) is 139 Å². The predicted octanol–water partition coefficient (Wildman–Crippen LogP) is 4.58. The van der Waals surface area contributed by atoms with Gasteiger partial charge in [0.15, 0.2) is 0 Å². The molecule has 0 bridgehead atoms. The fourth-order valence-corrected chi connectivity index (χ4v) is 5.95. The molecule has 1 N–H and O–H groups in total. The SMILES string of the molecule is CNC(=O)[C@@H](C)N(Cc1c(Cl)cccc1Cl)C(=O)CN(c1ccc(OC)cc1)S(=O)(=O)c1ccc(C)c([N+](=O)[O-])c1. The van der Waals surface area contributed by atoms with Gasteiger partial charge in [-0.3, -0.25) is 24.0 Å². The number of rotatable bonds is 11. The number of benzene rings is 3. The molecule has 14 heteroatoms. The number of nitrogens with one attached hydrogen (secondary N) is 1. The van der Waals surface area contributed by atoms with Gasteiger partial charge >= 0.3 is 0 Å². The van der Waals surface area contributed by atoms with Crippen LogP contribution in [-0.4, -0.2) is 56.8 Å². The highest BCUT2D eigenvalue weighted by Crippen LogP contribution is 2.30. The highest BCUT2D eigenvalue weighted by molar-refractivity contribution is 7.92. The molecule has 1 atom stereocenters. The number of carbonyl (C=O) groups excluding carboxylic acids is 2. The van der Waals surface area contributed by atoms with Gasteiger partial charge in [-0.05, 0) is 56.3 Å². The molecule has 41 heavy (non-hydrogen) atoms. The number of carbonyl (C=O) groups is 2. The van der Waals surface area contributed by atoms with Gasteiger partial charge in [-0.15, -0.1) is 0 Å². The van der Waals surface area contributed by atoms with Crippen LogP contribution in [0.15, 0.2) is 65.6 Å². The largest absolute Gasteiger partial charge is 0.497 e. The quantitative estimate of drug-likeness (QED) is 0.244. The molecule has 0 heterocycles. The van der Waals surface area contributed by atoms with Gasteiger partial charge in [-0.25, -0.2) is 8.42 Å². The number of hydrogen-bond acceptors (Lipinski definition) is 7. The molecule has 3 rings (SSSR count). The Morgan fingerprint density at radius 3 is 2.22 bits per heavy atom. The zero-order chi connectivity index (χ0) is 30.5.